The molecule has 1 aliphatic carbocycles. The van der Waals surface area contributed by atoms with E-state index in [1.54, 1.807) is 0 Å². The molecule has 6 heteroatoms. The van der Waals surface area contributed by atoms with Gasteiger partial charge in [0, 0.05) is 6.42 Å². The normalized spacial score (nSPS) is 41.9. The van der Waals surface area contributed by atoms with Crippen molar-refractivity contribution in [3.8, 4) is 0 Å². The predicted octanol–water partition coefficient (Wildman–Crippen LogP) is 1.89. The van der Waals surface area contributed by atoms with Crippen LogP contribution in [0.3, 0.4) is 0 Å². The molecule has 2 aliphatic rings. The van der Waals surface area contributed by atoms with E-state index in [0.29, 0.717) is 0 Å². The van der Waals surface area contributed by atoms with Gasteiger partial charge in [0.25, 0.3) is 0 Å². The Morgan fingerprint density at radius 3 is 2.38 bits per heavy atom. The highest BCUT2D eigenvalue weighted by Gasteiger charge is 2.46. The first-order chi connectivity index (χ1) is 7.47. The number of aliphatic hydroxyl groups is 1. The summed E-state index contributed by atoms with van der Waals surface area (Å²) in [5.74, 6) is 0. The second-order valence-corrected chi connectivity index (χ2v) is 6.69. The molecular formula is C10H19O5P. The monoisotopic (exact) mass is 250 g/mol. The first-order valence-corrected chi connectivity index (χ1v) is 7.40. The lowest BCUT2D eigenvalue weighted by Crippen LogP contribution is -2.27. The fourth-order valence-electron chi connectivity index (χ4n) is 1.89. The van der Waals surface area contributed by atoms with Gasteiger partial charge in [0.1, 0.15) is 6.35 Å². The molecule has 2 unspecified atom stereocenters. The minimum atomic E-state index is -3.13. The van der Waals surface area contributed by atoms with E-state index >= 15 is 0 Å². The van der Waals surface area contributed by atoms with Crippen molar-refractivity contribution in [1.29, 1.82) is 0 Å². The third kappa shape index (κ3) is 2.84. The average molecular weight is 250 g/mol. The molecule has 0 bridgehead atoms. The summed E-state index contributed by atoms with van der Waals surface area (Å²) in [7, 11) is -3.13. The lowest BCUT2D eigenvalue weighted by atomic mass is 10.2. The van der Waals surface area contributed by atoms with Crippen LogP contribution in [0, 0.1) is 0 Å². The van der Waals surface area contributed by atoms with Gasteiger partial charge in [-0.15, -0.1) is 0 Å². The standard InChI is InChI=1S/C10H19O5P/c1-8-5-9(2)15-16(12,14-8)7-13-10(6-11)3-4-10/h8-9,11H,3-7H2,1-2H3. The van der Waals surface area contributed by atoms with Crippen LogP contribution in [-0.4, -0.2) is 35.9 Å². The van der Waals surface area contributed by atoms with E-state index in [-0.39, 0.29) is 25.2 Å². The number of hydrogen-bond donors (Lipinski definition) is 1. The van der Waals surface area contributed by atoms with Gasteiger partial charge in [0.05, 0.1) is 24.4 Å². The lowest BCUT2D eigenvalue weighted by Gasteiger charge is -2.32. The molecule has 0 radical (unpaired) electrons. The molecule has 16 heavy (non-hydrogen) atoms. The smallest absolute Gasteiger partial charge is 0.356 e. The van der Waals surface area contributed by atoms with Crippen molar-refractivity contribution in [2.24, 2.45) is 0 Å². The van der Waals surface area contributed by atoms with E-state index in [2.05, 4.69) is 0 Å². The Labute approximate surface area is 95.6 Å². The van der Waals surface area contributed by atoms with E-state index in [9.17, 15) is 4.57 Å². The Morgan fingerprint density at radius 1 is 1.38 bits per heavy atom. The summed E-state index contributed by atoms with van der Waals surface area (Å²) in [6.07, 6.45) is 2.19. The number of ether oxygens (including phenoxy) is 1. The zero-order valence-corrected chi connectivity index (χ0v) is 10.6. The molecular weight excluding hydrogens is 231 g/mol. The summed E-state index contributed by atoms with van der Waals surface area (Å²) in [5.41, 5.74) is -0.478. The van der Waals surface area contributed by atoms with Crippen LogP contribution in [0.25, 0.3) is 0 Å². The van der Waals surface area contributed by atoms with Crippen LogP contribution in [-0.2, 0) is 18.3 Å². The summed E-state index contributed by atoms with van der Waals surface area (Å²) in [5, 5.41) is 9.08. The van der Waals surface area contributed by atoms with E-state index in [1.807, 2.05) is 13.8 Å². The molecule has 1 aliphatic heterocycles. The summed E-state index contributed by atoms with van der Waals surface area (Å²) in [4.78, 5) is 0. The molecule has 2 atom stereocenters. The molecule has 1 heterocycles. The maximum atomic E-state index is 12.2. The zero-order valence-electron chi connectivity index (χ0n) is 9.72. The van der Waals surface area contributed by atoms with E-state index < -0.39 is 13.2 Å². The molecule has 94 valence electrons. The highest BCUT2D eigenvalue weighted by molar-refractivity contribution is 7.53. The minimum Gasteiger partial charge on any atom is -0.393 e. The Bertz CT molecular complexity index is 288. The van der Waals surface area contributed by atoms with Crippen LogP contribution >= 0.6 is 7.60 Å². The molecule has 0 spiro atoms. The maximum absolute atomic E-state index is 12.2. The topological polar surface area (TPSA) is 65.0 Å². The molecule has 2 fully saturated rings. The van der Waals surface area contributed by atoms with Gasteiger partial charge in [-0.2, -0.15) is 0 Å². The Balaban J connectivity index is 1.89. The second-order valence-electron chi connectivity index (χ2n) is 4.79. The molecule has 1 saturated heterocycles. The maximum Gasteiger partial charge on any atom is 0.356 e. The Morgan fingerprint density at radius 2 is 1.94 bits per heavy atom. The first-order valence-electron chi connectivity index (χ1n) is 5.68. The van der Waals surface area contributed by atoms with Gasteiger partial charge in [-0.1, -0.05) is 0 Å². The van der Waals surface area contributed by atoms with Crippen molar-refractivity contribution in [3.63, 3.8) is 0 Å². The quantitative estimate of drug-likeness (QED) is 0.772. The number of hydrogen-bond acceptors (Lipinski definition) is 5. The average Bonchev–Trinajstić information content (AvgIpc) is 2.93. The van der Waals surface area contributed by atoms with Crippen molar-refractivity contribution in [3.05, 3.63) is 0 Å². The molecule has 2 rings (SSSR count). The third-order valence-electron chi connectivity index (χ3n) is 2.97. The molecule has 0 aromatic heterocycles. The van der Waals surface area contributed by atoms with Gasteiger partial charge >= 0.3 is 7.60 Å². The largest absolute Gasteiger partial charge is 0.393 e. The van der Waals surface area contributed by atoms with Gasteiger partial charge in [0.2, 0.25) is 0 Å². The molecule has 1 saturated carbocycles. The van der Waals surface area contributed by atoms with Crippen LogP contribution in [0.1, 0.15) is 33.1 Å². The summed E-state index contributed by atoms with van der Waals surface area (Å²) < 4.78 is 28.3. The zero-order chi connectivity index (χ0) is 11.8. The number of aliphatic hydroxyl groups excluding tert-OH is 1. The Hall–Kier alpha value is 0.0700. The lowest BCUT2D eigenvalue weighted by molar-refractivity contribution is -0.0132. The van der Waals surface area contributed by atoms with E-state index in [4.69, 9.17) is 18.9 Å². The van der Waals surface area contributed by atoms with Crippen molar-refractivity contribution in [1.82, 2.24) is 0 Å². The van der Waals surface area contributed by atoms with E-state index in [1.165, 1.54) is 0 Å². The Kier molecular flexibility index (Phi) is 3.44. The summed E-state index contributed by atoms with van der Waals surface area (Å²) in [6, 6.07) is 0. The molecule has 0 aromatic carbocycles. The van der Waals surface area contributed by atoms with Crippen LogP contribution in [0.4, 0.5) is 0 Å². The molecule has 0 aromatic rings. The molecule has 1 N–H and O–H groups in total. The van der Waals surface area contributed by atoms with Crippen molar-refractivity contribution in [2.45, 2.75) is 50.9 Å². The van der Waals surface area contributed by atoms with E-state index in [0.717, 1.165) is 19.3 Å². The van der Waals surface area contributed by atoms with Crippen molar-refractivity contribution in [2.75, 3.05) is 13.0 Å². The van der Waals surface area contributed by atoms with Crippen LogP contribution < -0.4 is 0 Å². The van der Waals surface area contributed by atoms with Crippen molar-refractivity contribution >= 4 is 7.60 Å². The summed E-state index contributed by atoms with van der Waals surface area (Å²) >= 11 is 0. The van der Waals surface area contributed by atoms with Gasteiger partial charge in [-0.25, -0.2) is 0 Å². The summed E-state index contributed by atoms with van der Waals surface area (Å²) in [6.45, 7) is 3.73. The van der Waals surface area contributed by atoms with Crippen molar-refractivity contribution < 1.29 is 23.5 Å². The predicted molar refractivity (Wildman–Crippen MR) is 58.3 cm³/mol. The molecule has 5 nitrogen and oxygen atoms in total. The van der Waals surface area contributed by atoms with Gasteiger partial charge in [0.15, 0.2) is 0 Å². The first kappa shape index (κ1) is 12.5. The SMILES string of the molecule is CC1CC(C)OP(=O)(COC2(CO)CC2)O1. The van der Waals surface area contributed by atoms with Gasteiger partial charge in [-0.3, -0.25) is 4.57 Å². The highest BCUT2D eigenvalue weighted by Crippen LogP contribution is 2.56. The third-order valence-corrected chi connectivity index (χ3v) is 4.78. The van der Waals surface area contributed by atoms with Crippen LogP contribution in [0.15, 0.2) is 0 Å². The fraction of sp³-hybridized carbons (Fsp3) is 1.00. The molecule has 0 amide bonds. The van der Waals surface area contributed by atoms with Crippen LogP contribution in [0.2, 0.25) is 0 Å². The highest BCUT2D eigenvalue weighted by atomic mass is 31.2. The minimum absolute atomic E-state index is 0.0297. The fourth-order valence-corrected chi connectivity index (χ4v) is 3.76. The van der Waals surface area contributed by atoms with Gasteiger partial charge in [-0.05, 0) is 26.7 Å². The van der Waals surface area contributed by atoms with Gasteiger partial charge < -0.3 is 18.9 Å². The number of rotatable bonds is 4. The van der Waals surface area contributed by atoms with Crippen LogP contribution in [0.5, 0.6) is 0 Å². The second kappa shape index (κ2) is 4.39.